The molecule has 0 saturated heterocycles. The van der Waals surface area contributed by atoms with Gasteiger partial charge in [0.25, 0.3) is 0 Å². The minimum absolute atomic E-state index is 0.0281. The van der Waals surface area contributed by atoms with Crippen molar-refractivity contribution in [2.24, 2.45) is 7.05 Å². The molecule has 0 N–H and O–H groups in total. The average molecular weight is 332 g/mol. The van der Waals surface area contributed by atoms with E-state index in [2.05, 4.69) is 5.10 Å². The van der Waals surface area contributed by atoms with Crippen molar-refractivity contribution in [3.8, 4) is 0 Å². The van der Waals surface area contributed by atoms with Crippen LogP contribution in [-0.4, -0.2) is 29.0 Å². The first-order chi connectivity index (χ1) is 9.84. The van der Waals surface area contributed by atoms with Crippen LogP contribution in [0.15, 0.2) is 35.5 Å². The van der Waals surface area contributed by atoms with Crippen LogP contribution in [0.25, 0.3) is 0 Å². The first-order valence-corrected chi connectivity index (χ1v) is 8.09. The zero-order valence-electron chi connectivity index (χ0n) is 11.6. The second-order valence-corrected chi connectivity index (χ2v) is 6.87. The van der Waals surface area contributed by atoms with Crippen LogP contribution < -0.4 is 0 Å². The lowest BCUT2D eigenvalue weighted by Crippen LogP contribution is -2.30. The van der Waals surface area contributed by atoms with Gasteiger partial charge >= 0.3 is 0 Å². The molecular formula is C13H15ClFN3O2S. The fourth-order valence-corrected chi connectivity index (χ4v) is 3.62. The molecule has 0 aliphatic heterocycles. The van der Waals surface area contributed by atoms with Crippen LogP contribution in [0.1, 0.15) is 12.5 Å². The van der Waals surface area contributed by atoms with E-state index in [0.717, 1.165) is 17.7 Å². The molecule has 8 heteroatoms. The number of hydrogen-bond acceptors (Lipinski definition) is 3. The number of aromatic nitrogens is 2. The van der Waals surface area contributed by atoms with Crippen LogP contribution in [0.3, 0.4) is 0 Å². The van der Waals surface area contributed by atoms with Gasteiger partial charge in [-0.25, -0.2) is 12.8 Å². The van der Waals surface area contributed by atoms with E-state index in [1.165, 1.54) is 10.4 Å². The van der Waals surface area contributed by atoms with Gasteiger partial charge in [0.05, 0.1) is 16.1 Å². The monoisotopic (exact) mass is 331 g/mol. The standard InChI is InChI=1S/C13H15ClFN3O2S/c1-3-18(9-10-7-16-17(2)8-10)21(19,20)11-4-5-13(15)12(14)6-11/h4-8H,3,9H2,1-2H3. The third-order valence-electron chi connectivity index (χ3n) is 3.00. The summed E-state index contributed by atoms with van der Waals surface area (Å²) in [5.74, 6) is -0.647. The minimum atomic E-state index is -3.73. The molecule has 5 nitrogen and oxygen atoms in total. The van der Waals surface area contributed by atoms with Crippen molar-refractivity contribution in [1.82, 2.24) is 14.1 Å². The smallest absolute Gasteiger partial charge is 0.243 e. The predicted octanol–water partition coefficient (Wildman–Crippen LogP) is 2.42. The van der Waals surface area contributed by atoms with Gasteiger partial charge < -0.3 is 0 Å². The van der Waals surface area contributed by atoms with Gasteiger partial charge in [-0.1, -0.05) is 18.5 Å². The van der Waals surface area contributed by atoms with Crippen molar-refractivity contribution in [3.63, 3.8) is 0 Å². The van der Waals surface area contributed by atoms with Crippen LogP contribution >= 0.6 is 11.6 Å². The molecule has 0 aliphatic carbocycles. The molecule has 0 bridgehead atoms. The lowest BCUT2D eigenvalue weighted by Gasteiger charge is -2.20. The molecule has 0 aliphatic rings. The van der Waals surface area contributed by atoms with Crippen LogP contribution in [-0.2, 0) is 23.6 Å². The Balaban J connectivity index is 2.32. The number of benzene rings is 1. The SMILES string of the molecule is CCN(Cc1cnn(C)c1)S(=O)(=O)c1ccc(F)c(Cl)c1. The third kappa shape index (κ3) is 3.42. The fraction of sp³-hybridized carbons (Fsp3) is 0.308. The van der Waals surface area contributed by atoms with E-state index in [9.17, 15) is 12.8 Å². The molecule has 1 heterocycles. The van der Waals surface area contributed by atoms with Crippen molar-refractivity contribution < 1.29 is 12.8 Å². The van der Waals surface area contributed by atoms with Gasteiger partial charge in [-0.3, -0.25) is 4.68 Å². The maximum Gasteiger partial charge on any atom is 0.243 e. The Bertz CT molecular complexity index is 746. The summed E-state index contributed by atoms with van der Waals surface area (Å²) in [5, 5.41) is 3.79. The van der Waals surface area contributed by atoms with Gasteiger partial charge in [0.15, 0.2) is 0 Å². The summed E-state index contributed by atoms with van der Waals surface area (Å²) in [6.45, 7) is 2.22. The number of nitrogens with zero attached hydrogens (tertiary/aromatic N) is 3. The number of sulfonamides is 1. The van der Waals surface area contributed by atoms with Gasteiger partial charge in [-0.2, -0.15) is 9.40 Å². The van der Waals surface area contributed by atoms with Crippen molar-refractivity contribution >= 4 is 21.6 Å². The largest absolute Gasteiger partial charge is 0.275 e. The number of aryl methyl sites for hydroxylation is 1. The quantitative estimate of drug-likeness (QED) is 0.845. The minimum Gasteiger partial charge on any atom is -0.275 e. The zero-order chi connectivity index (χ0) is 15.6. The normalized spacial score (nSPS) is 12.0. The van der Waals surface area contributed by atoms with Crippen LogP contribution in [0, 0.1) is 5.82 Å². The molecule has 0 atom stereocenters. The van der Waals surface area contributed by atoms with Crippen molar-refractivity contribution in [3.05, 3.63) is 47.0 Å². The Labute approximate surface area is 128 Å². The van der Waals surface area contributed by atoms with Crippen LogP contribution in [0.4, 0.5) is 4.39 Å². The molecule has 114 valence electrons. The third-order valence-corrected chi connectivity index (χ3v) is 5.21. The van der Waals surface area contributed by atoms with Crippen LogP contribution in [0.5, 0.6) is 0 Å². The predicted molar refractivity (Wildman–Crippen MR) is 77.9 cm³/mol. The summed E-state index contributed by atoms with van der Waals surface area (Å²) in [5.41, 5.74) is 0.774. The Morgan fingerprint density at radius 2 is 2.14 bits per heavy atom. The molecule has 0 saturated carbocycles. The van der Waals surface area contributed by atoms with E-state index in [-0.39, 0.29) is 23.0 Å². The summed E-state index contributed by atoms with van der Waals surface area (Å²) in [6, 6.07) is 3.38. The lowest BCUT2D eigenvalue weighted by molar-refractivity contribution is 0.423. The Morgan fingerprint density at radius 3 is 2.67 bits per heavy atom. The lowest BCUT2D eigenvalue weighted by atomic mass is 10.3. The molecular weight excluding hydrogens is 317 g/mol. The van der Waals surface area contributed by atoms with E-state index >= 15 is 0 Å². The maximum absolute atomic E-state index is 13.2. The van der Waals surface area contributed by atoms with Gasteiger partial charge in [-0.05, 0) is 18.2 Å². The molecule has 2 aromatic rings. The average Bonchev–Trinajstić information content (AvgIpc) is 2.84. The summed E-state index contributed by atoms with van der Waals surface area (Å²) in [4.78, 5) is -0.0281. The van der Waals surface area contributed by atoms with Gasteiger partial charge in [0.1, 0.15) is 5.82 Å². The molecule has 0 fully saturated rings. The summed E-state index contributed by atoms with van der Waals surface area (Å²) in [6.07, 6.45) is 3.35. The van der Waals surface area contributed by atoms with Crippen molar-refractivity contribution in [1.29, 1.82) is 0 Å². The van der Waals surface area contributed by atoms with Crippen molar-refractivity contribution in [2.75, 3.05) is 6.54 Å². The van der Waals surface area contributed by atoms with Gasteiger partial charge in [0, 0.05) is 31.9 Å². The zero-order valence-corrected chi connectivity index (χ0v) is 13.2. The molecule has 1 aromatic heterocycles. The number of halogens is 2. The van der Waals surface area contributed by atoms with Gasteiger partial charge in [-0.15, -0.1) is 0 Å². The fourth-order valence-electron chi connectivity index (χ4n) is 1.91. The summed E-state index contributed by atoms with van der Waals surface area (Å²) < 4.78 is 41.2. The maximum atomic E-state index is 13.2. The van der Waals surface area contributed by atoms with E-state index in [0.29, 0.717) is 0 Å². The molecule has 0 unspecified atom stereocenters. The highest BCUT2D eigenvalue weighted by molar-refractivity contribution is 7.89. The van der Waals surface area contributed by atoms with E-state index in [1.54, 1.807) is 31.0 Å². The Hall–Kier alpha value is -1.44. The highest BCUT2D eigenvalue weighted by Crippen LogP contribution is 2.23. The van der Waals surface area contributed by atoms with Crippen LogP contribution in [0.2, 0.25) is 5.02 Å². The molecule has 0 spiro atoms. The summed E-state index contributed by atoms with van der Waals surface area (Å²) in [7, 11) is -1.98. The van der Waals surface area contributed by atoms with E-state index < -0.39 is 15.8 Å². The van der Waals surface area contributed by atoms with Gasteiger partial charge in [0.2, 0.25) is 10.0 Å². The first-order valence-electron chi connectivity index (χ1n) is 6.27. The topological polar surface area (TPSA) is 55.2 Å². The molecule has 1 aromatic carbocycles. The van der Waals surface area contributed by atoms with Crippen molar-refractivity contribution in [2.45, 2.75) is 18.4 Å². The number of rotatable bonds is 5. The highest BCUT2D eigenvalue weighted by Gasteiger charge is 2.24. The Kier molecular flexibility index (Phi) is 4.65. The molecule has 0 amide bonds. The number of hydrogen-bond donors (Lipinski definition) is 0. The molecule has 0 radical (unpaired) electrons. The second kappa shape index (κ2) is 6.13. The van der Waals surface area contributed by atoms with E-state index in [1.807, 2.05) is 0 Å². The Morgan fingerprint density at radius 1 is 1.43 bits per heavy atom. The molecule has 2 rings (SSSR count). The first kappa shape index (κ1) is 15.9. The molecule has 21 heavy (non-hydrogen) atoms. The highest BCUT2D eigenvalue weighted by atomic mass is 35.5. The second-order valence-electron chi connectivity index (χ2n) is 4.53. The van der Waals surface area contributed by atoms with E-state index in [4.69, 9.17) is 11.6 Å². The summed E-state index contributed by atoms with van der Waals surface area (Å²) >= 11 is 5.66.